The number of nitrogens with one attached hydrogen (secondary N) is 1. The average molecular weight is 354 g/mol. The lowest BCUT2D eigenvalue weighted by molar-refractivity contribution is -0.131. The fourth-order valence-electron chi connectivity index (χ4n) is 2.57. The Bertz CT molecular complexity index is 773. The van der Waals surface area contributed by atoms with Gasteiger partial charge in [0.1, 0.15) is 18.4 Å². The molecule has 2 aromatic carbocycles. The van der Waals surface area contributed by atoms with Crippen molar-refractivity contribution in [2.75, 3.05) is 20.2 Å². The van der Waals surface area contributed by atoms with Gasteiger partial charge in [-0.15, -0.1) is 0 Å². The van der Waals surface area contributed by atoms with Crippen LogP contribution < -0.4 is 10.1 Å². The minimum atomic E-state index is -0.605. The SMILES string of the molecule is Cc1cccc(OCCN(C)C(=O)C(C)NC(=O)c2cccc(C)c2)c1. The van der Waals surface area contributed by atoms with Crippen molar-refractivity contribution >= 4 is 11.8 Å². The summed E-state index contributed by atoms with van der Waals surface area (Å²) in [5.41, 5.74) is 2.68. The largest absolute Gasteiger partial charge is 0.492 e. The van der Waals surface area contributed by atoms with Crippen molar-refractivity contribution in [2.45, 2.75) is 26.8 Å². The second-order valence-electron chi connectivity index (χ2n) is 6.49. The molecule has 0 aliphatic carbocycles. The van der Waals surface area contributed by atoms with E-state index in [4.69, 9.17) is 4.74 Å². The third-order valence-corrected chi connectivity index (χ3v) is 4.06. The summed E-state index contributed by atoms with van der Waals surface area (Å²) in [5.74, 6) is 0.379. The third kappa shape index (κ3) is 5.62. The first-order chi connectivity index (χ1) is 12.4. The van der Waals surface area contributed by atoms with Crippen LogP contribution in [0.25, 0.3) is 0 Å². The molecule has 0 bridgehead atoms. The molecule has 1 atom stereocenters. The zero-order valence-corrected chi connectivity index (χ0v) is 15.8. The second kappa shape index (κ2) is 9.04. The minimum absolute atomic E-state index is 0.154. The summed E-state index contributed by atoms with van der Waals surface area (Å²) in [7, 11) is 1.71. The smallest absolute Gasteiger partial charge is 0.251 e. The average Bonchev–Trinajstić information content (AvgIpc) is 2.61. The van der Waals surface area contributed by atoms with Crippen LogP contribution in [0.1, 0.15) is 28.4 Å². The van der Waals surface area contributed by atoms with Crippen molar-refractivity contribution in [3.63, 3.8) is 0 Å². The molecule has 0 radical (unpaired) electrons. The Hall–Kier alpha value is -2.82. The maximum atomic E-state index is 12.4. The second-order valence-corrected chi connectivity index (χ2v) is 6.49. The Kier molecular flexibility index (Phi) is 6.78. The summed E-state index contributed by atoms with van der Waals surface area (Å²) in [4.78, 5) is 26.3. The predicted octanol–water partition coefficient (Wildman–Crippen LogP) is 2.96. The summed E-state index contributed by atoms with van der Waals surface area (Å²) in [5, 5.41) is 2.75. The lowest BCUT2D eigenvalue weighted by Gasteiger charge is -2.22. The standard InChI is InChI=1S/C21H26N2O3/c1-15-7-5-9-18(13-15)20(24)22-17(3)21(25)23(4)11-12-26-19-10-6-8-16(2)14-19/h5-10,13-14,17H,11-12H2,1-4H3,(H,22,24). The number of aryl methyl sites for hydroxylation is 2. The van der Waals surface area contributed by atoms with Crippen LogP contribution >= 0.6 is 0 Å². The molecule has 5 nitrogen and oxygen atoms in total. The van der Waals surface area contributed by atoms with Crippen molar-refractivity contribution in [1.82, 2.24) is 10.2 Å². The summed E-state index contributed by atoms with van der Waals surface area (Å²) >= 11 is 0. The molecule has 2 aromatic rings. The number of rotatable bonds is 7. The van der Waals surface area contributed by atoms with Gasteiger partial charge < -0.3 is 15.0 Å². The van der Waals surface area contributed by atoms with E-state index in [9.17, 15) is 9.59 Å². The fraction of sp³-hybridized carbons (Fsp3) is 0.333. The molecular weight excluding hydrogens is 328 g/mol. The molecule has 0 aromatic heterocycles. The zero-order chi connectivity index (χ0) is 19.1. The van der Waals surface area contributed by atoms with Gasteiger partial charge in [0.2, 0.25) is 5.91 Å². The highest BCUT2D eigenvalue weighted by molar-refractivity contribution is 5.97. The summed E-state index contributed by atoms with van der Waals surface area (Å²) in [6.45, 7) is 6.45. The fourth-order valence-corrected chi connectivity index (χ4v) is 2.57. The molecule has 0 heterocycles. The van der Waals surface area contributed by atoms with E-state index < -0.39 is 6.04 Å². The van der Waals surface area contributed by atoms with E-state index in [0.29, 0.717) is 18.7 Å². The number of ether oxygens (including phenoxy) is 1. The quantitative estimate of drug-likeness (QED) is 0.832. The van der Waals surface area contributed by atoms with Crippen LogP contribution in [-0.2, 0) is 4.79 Å². The van der Waals surface area contributed by atoms with Crippen molar-refractivity contribution in [3.8, 4) is 5.75 Å². The van der Waals surface area contributed by atoms with Gasteiger partial charge in [-0.2, -0.15) is 0 Å². The molecule has 0 aliphatic heterocycles. The van der Waals surface area contributed by atoms with Gasteiger partial charge in [-0.1, -0.05) is 29.8 Å². The van der Waals surface area contributed by atoms with Crippen LogP contribution in [0.3, 0.4) is 0 Å². The van der Waals surface area contributed by atoms with E-state index in [1.54, 1.807) is 31.0 Å². The molecular formula is C21H26N2O3. The van der Waals surface area contributed by atoms with E-state index in [0.717, 1.165) is 16.9 Å². The number of benzene rings is 2. The lowest BCUT2D eigenvalue weighted by atomic mass is 10.1. The Morgan fingerprint density at radius 2 is 1.73 bits per heavy atom. The summed E-state index contributed by atoms with van der Waals surface area (Å²) in [6, 6.07) is 14.5. The number of carbonyl (C=O) groups excluding carboxylic acids is 2. The van der Waals surface area contributed by atoms with Crippen molar-refractivity contribution in [1.29, 1.82) is 0 Å². The molecule has 5 heteroatoms. The molecule has 26 heavy (non-hydrogen) atoms. The van der Waals surface area contributed by atoms with Gasteiger partial charge in [0.15, 0.2) is 0 Å². The first-order valence-electron chi connectivity index (χ1n) is 8.69. The van der Waals surface area contributed by atoms with E-state index in [1.165, 1.54) is 0 Å². The number of hydrogen-bond donors (Lipinski definition) is 1. The number of carbonyl (C=O) groups is 2. The van der Waals surface area contributed by atoms with Crippen molar-refractivity contribution < 1.29 is 14.3 Å². The monoisotopic (exact) mass is 354 g/mol. The third-order valence-electron chi connectivity index (χ3n) is 4.06. The molecule has 2 rings (SSSR count). The molecule has 0 spiro atoms. The van der Waals surface area contributed by atoms with Crippen LogP contribution in [-0.4, -0.2) is 43.0 Å². The van der Waals surface area contributed by atoms with Gasteiger partial charge >= 0.3 is 0 Å². The summed E-state index contributed by atoms with van der Waals surface area (Å²) in [6.07, 6.45) is 0. The predicted molar refractivity (Wildman–Crippen MR) is 102 cm³/mol. The number of likely N-dealkylation sites (N-methyl/N-ethyl adjacent to an activating group) is 1. The molecule has 0 aliphatic rings. The van der Waals surface area contributed by atoms with E-state index in [1.807, 2.05) is 50.2 Å². The van der Waals surface area contributed by atoms with Crippen molar-refractivity contribution in [2.24, 2.45) is 0 Å². The van der Waals surface area contributed by atoms with Crippen LogP contribution in [0.15, 0.2) is 48.5 Å². The van der Waals surface area contributed by atoms with Crippen LogP contribution in [0.5, 0.6) is 5.75 Å². The number of nitrogens with zero attached hydrogens (tertiary/aromatic N) is 1. The maximum Gasteiger partial charge on any atom is 0.251 e. The van der Waals surface area contributed by atoms with E-state index >= 15 is 0 Å². The van der Waals surface area contributed by atoms with Gasteiger partial charge in [-0.25, -0.2) is 0 Å². The van der Waals surface area contributed by atoms with Gasteiger partial charge in [-0.05, 0) is 50.6 Å². The van der Waals surface area contributed by atoms with Gasteiger partial charge in [0.05, 0.1) is 6.54 Å². The van der Waals surface area contributed by atoms with Gasteiger partial charge in [0, 0.05) is 12.6 Å². The zero-order valence-electron chi connectivity index (χ0n) is 15.8. The molecule has 1 N–H and O–H groups in total. The van der Waals surface area contributed by atoms with Crippen LogP contribution in [0.2, 0.25) is 0 Å². The number of hydrogen-bond acceptors (Lipinski definition) is 3. The minimum Gasteiger partial charge on any atom is -0.492 e. The molecule has 2 amide bonds. The normalized spacial score (nSPS) is 11.5. The molecule has 0 fully saturated rings. The molecule has 138 valence electrons. The first kappa shape index (κ1) is 19.5. The van der Waals surface area contributed by atoms with Crippen molar-refractivity contribution in [3.05, 3.63) is 65.2 Å². The first-order valence-corrected chi connectivity index (χ1v) is 8.69. The van der Waals surface area contributed by atoms with Crippen LogP contribution in [0, 0.1) is 13.8 Å². The van der Waals surface area contributed by atoms with Gasteiger partial charge in [0.25, 0.3) is 5.91 Å². The van der Waals surface area contributed by atoms with Gasteiger partial charge in [-0.3, -0.25) is 9.59 Å². The highest BCUT2D eigenvalue weighted by Crippen LogP contribution is 2.12. The highest BCUT2D eigenvalue weighted by atomic mass is 16.5. The van der Waals surface area contributed by atoms with E-state index in [-0.39, 0.29) is 11.8 Å². The molecule has 0 saturated heterocycles. The molecule has 0 saturated carbocycles. The Morgan fingerprint density at radius 3 is 2.38 bits per heavy atom. The Labute approximate surface area is 155 Å². The lowest BCUT2D eigenvalue weighted by Crippen LogP contribution is -2.46. The Balaban J connectivity index is 1.82. The summed E-state index contributed by atoms with van der Waals surface area (Å²) < 4.78 is 5.67. The maximum absolute atomic E-state index is 12.4. The Morgan fingerprint density at radius 1 is 1.08 bits per heavy atom. The topological polar surface area (TPSA) is 58.6 Å². The number of amides is 2. The molecule has 1 unspecified atom stereocenters. The highest BCUT2D eigenvalue weighted by Gasteiger charge is 2.20. The van der Waals surface area contributed by atoms with Crippen LogP contribution in [0.4, 0.5) is 0 Å². The van der Waals surface area contributed by atoms with E-state index in [2.05, 4.69) is 5.32 Å².